The molecule has 0 fully saturated rings. The molecule has 2 rings (SSSR count). The molecule has 0 radical (unpaired) electrons. The van der Waals surface area contributed by atoms with Gasteiger partial charge in [0.2, 0.25) is 0 Å². The van der Waals surface area contributed by atoms with Crippen molar-refractivity contribution in [2.45, 2.75) is 26.7 Å². The van der Waals surface area contributed by atoms with Crippen molar-refractivity contribution in [1.29, 1.82) is 0 Å². The molecule has 2 nitrogen and oxygen atoms in total. The van der Waals surface area contributed by atoms with Crippen LogP contribution in [-0.4, -0.2) is 9.97 Å². The molecule has 0 N–H and O–H groups in total. The molecule has 2 aromatic rings. The van der Waals surface area contributed by atoms with Crippen molar-refractivity contribution in [3.05, 3.63) is 47.8 Å². The lowest BCUT2D eigenvalue weighted by atomic mass is 10.1. The maximum absolute atomic E-state index is 4.55. The summed E-state index contributed by atoms with van der Waals surface area (Å²) >= 11 is 0. The molecule has 82 valence electrons. The molecule has 16 heavy (non-hydrogen) atoms. The number of hydrogen-bond acceptors (Lipinski definition) is 2. The van der Waals surface area contributed by atoms with E-state index >= 15 is 0 Å². The third-order valence-electron chi connectivity index (χ3n) is 2.63. The van der Waals surface area contributed by atoms with Gasteiger partial charge in [-0.1, -0.05) is 43.7 Å². The Labute approximate surface area is 96.4 Å². The number of aromatic nitrogens is 2. The van der Waals surface area contributed by atoms with E-state index in [1.165, 1.54) is 5.56 Å². The molecule has 1 aromatic heterocycles. The Morgan fingerprint density at radius 2 is 1.88 bits per heavy atom. The topological polar surface area (TPSA) is 25.8 Å². The van der Waals surface area contributed by atoms with Gasteiger partial charge in [-0.15, -0.1) is 0 Å². The second kappa shape index (κ2) is 4.88. The highest BCUT2D eigenvalue weighted by atomic mass is 14.9. The molecule has 0 unspecified atom stereocenters. The average Bonchev–Trinajstić information content (AvgIpc) is 2.33. The molecule has 0 spiro atoms. The molecule has 0 saturated carbocycles. The molecule has 1 aromatic carbocycles. The maximum atomic E-state index is 4.55. The van der Waals surface area contributed by atoms with E-state index in [0.29, 0.717) is 0 Å². The predicted octanol–water partition coefficient (Wildman–Crippen LogP) is 3.40. The lowest BCUT2D eigenvalue weighted by Gasteiger charge is -2.05. The summed E-state index contributed by atoms with van der Waals surface area (Å²) in [5.74, 6) is 0.818. The Morgan fingerprint density at radius 3 is 2.50 bits per heavy atom. The van der Waals surface area contributed by atoms with Crippen molar-refractivity contribution in [1.82, 2.24) is 9.97 Å². The summed E-state index contributed by atoms with van der Waals surface area (Å²) in [5, 5.41) is 0. The third kappa shape index (κ3) is 2.27. The minimum Gasteiger partial charge on any atom is -0.236 e. The van der Waals surface area contributed by atoms with Crippen LogP contribution in [-0.2, 0) is 6.42 Å². The van der Waals surface area contributed by atoms with Crippen molar-refractivity contribution in [3.8, 4) is 11.4 Å². The lowest BCUT2D eigenvalue weighted by Crippen LogP contribution is -1.97. The van der Waals surface area contributed by atoms with Crippen molar-refractivity contribution >= 4 is 0 Å². The first-order valence-corrected chi connectivity index (χ1v) is 5.69. The Bertz CT molecular complexity index is 463. The number of rotatable bonds is 3. The van der Waals surface area contributed by atoms with Gasteiger partial charge in [-0.3, -0.25) is 0 Å². The summed E-state index contributed by atoms with van der Waals surface area (Å²) in [5.41, 5.74) is 3.42. The van der Waals surface area contributed by atoms with Crippen LogP contribution in [0.25, 0.3) is 11.4 Å². The number of aryl methyl sites for hydroxylation is 2. The van der Waals surface area contributed by atoms with E-state index in [0.717, 1.165) is 29.9 Å². The molecule has 2 heteroatoms. The van der Waals surface area contributed by atoms with Crippen molar-refractivity contribution in [3.63, 3.8) is 0 Å². The molecule has 0 amide bonds. The molecular weight excluding hydrogens is 196 g/mol. The van der Waals surface area contributed by atoms with Crippen LogP contribution in [0.2, 0.25) is 0 Å². The van der Waals surface area contributed by atoms with Gasteiger partial charge in [0.1, 0.15) is 0 Å². The van der Waals surface area contributed by atoms with Gasteiger partial charge in [-0.05, 0) is 18.9 Å². The van der Waals surface area contributed by atoms with E-state index in [2.05, 4.69) is 23.8 Å². The smallest absolute Gasteiger partial charge is 0.159 e. The Balaban J connectivity index is 2.35. The van der Waals surface area contributed by atoms with Crippen molar-refractivity contribution < 1.29 is 0 Å². The minimum atomic E-state index is 0.818. The van der Waals surface area contributed by atoms with Crippen LogP contribution in [0.5, 0.6) is 0 Å². The summed E-state index contributed by atoms with van der Waals surface area (Å²) < 4.78 is 0. The second-order valence-corrected chi connectivity index (χ2v) is 3.92. The fraction of sp³-hybridized carbons (Fsp3) is 0.286. The zero-order chi connectivity index (χ0) is 11.4. The summed E-state index contributed by atoms with van der Waals surface area (Å²) in [7, 11) is 0. The number of hydrogen-bond donors (Lipinski definition) is 0. The van der Waals surface area contributed by atoms with Gasteiger partial charge >= 0.3 is 0 Å². The predicted molar refractivity (Wildman–Crippen MR) is 66.2 cm³/mol. The van der Waals surface area contributed by atoms with Crippen LogP contribution in [0, 0.1) is 6.92 Å². The molecule has 0 aliphatic carbocycles. The Morgan fingerprint density at radius 1 is 1.12 bits per heavy atom. The van der Waals surface area contributed by atoms with E-state index in [4.69, 9.17) is 0 Å². The van der Waals surface area contributed by atoms with Crippen LogP contribution in [0.4, 0.5) is 0 Å². The minimum absolute atomic E-state index is 0.818. The summed E-state index contributed by atoms with van der Waals surface area (Å²) in [6.45, 7) is 4.23. The van der Waals surface area contributed by atoms with Crippen LogP contribution in [0.1, 0.15) is 24.6 Å². The standard InChI is InChI=1S/C14H16N2/c1-3-7-13-10-15-14(16-11(13)2)12-8-5-4-6-9-12/h4-6,8-10H,3,7H2,1-2H3. The van der Waals surface area contributed by atoms with Gasteiger partial charge in [0.05, 0.1) is 0 Å². The highest BCUT2D eigenvalue weighted by Crippen LogP contribution is 2.16. The average molecular weight is 212 g/mol. The van der Waals surface area contributed by atoms with Crippen LogP contribution in [0.15, 0.2) is 36.5 Å². The third-order valence-corrected chi connectivity index (χ3v) is 2.63. The normalized spacial score (nSPS) is 10.4. The fourth-order valence-electron chi connectivity index (χ4n) is 1.73. The second-order valence-electron chi connectivity index (χ2n) is 3.92. The fourth-order valence-corrected chi connectivity index (χ4v) is 1.73. The van der Waals surface area contributed by atoms with Crippen LogP contribution in [0.3, 0.4) is 0 Å². The van der Waals surface area contributed by atoms with Crippen LogP contribution >= 0.6 is 0 Å². The quantitative estimate of drug-likeness (QED) is 0.779. The van der Waals surface area contributed by atoms with E-state index in [1.807, 2.05) is 36.5 Å². The van der Waals surface area contributed by atoms with Gasteiger partial charge in [0, 0.05) is 17.5 Å². The molecule has 0 bridgehead atoms. The van der Waals surface area contributed by atoms with Gasteiger partial charge in [-0.2, -0.15) is 0 Å². The van der Waals surface area contributed by atoms with Gasteiger partial charge in [0.15, 0.2) is 5.82 Å². The Hall–Kier alpha value is -1.70. The van der Waals surface area contributed by atoms with E-state index in [1.54, 1.807) is 0 Å². The van der Waals surface area contributed by atoms with Gasteiger partial charge in [-0.25, -0.2) is 9.97 Å². The Kier molecular flexibility index (Phi) is 3.30. The first-order valence-electron chi connectivity index (χ1n) is 5.69. The molecule has 0 atom stereocenters. The van der Waals surface area contributed by atoms with E-state index in [-0.39, 0.29) is 0 Å². The van der Waals surface area contributed by atoms with E-state index in [9.17, 15) is 0 Å². The zero-order valence-electron chi connectivity index (χ0n) is 9.77. The first-order chi connectivity index (χ1) is 7.81. The highest BCUT2D eigenvalue weighted by Gasteiger charge is 2.04. The highest BCUT2D eigenvalue weighted by molar-refractivity contribution is 5.54. The van der Waals surface area contributed by atoms with Gasteiger partial charge in [0.25, 0.3) is 0 Å². The van der Waals surface area contributed by atoms with Crippen molar-refractivity contribution in [2.24, 2.45) is 0 Å². The molecule has 0 aliphatic heterocycles. The lowest BCUT2D eigenvalue weighted by molar-refractivity contribution is 0.885. The number of nitrogens with zero attached hydrogens (tertiary/aromatic N) is 2. The summed E-state index contributed by atoms with van der Waals surface area (Å²) in [4.78, 5) is 8.97. The monoisotopic (exact) mass is 212 g/mol. The molecule has 0 aliphatic rings. The molecular formula is C14H16N2. The SMILES string of the molecule is CCCc1cnc(-c2ccccc2)nc1C. The molecule has 0 saturated heterocycles. The largest absolute Gasteiger partial charge is 0.236 e. The van der Waals surface area contributed by atoms with Crippen molar-refractivity contribution in [2.75, 3.05) is 0 Å². The van der Waals surface area contributed by atoms with E-state index < -0.39 is 0 Å². The molecule has 1 heterocycles. The number of benzene rings is 1. The summed E-state index contributed by atoms with van der Waals surface area (Å²) in [6.07, 6.45) is 4.14. The van der Waals surface area contributed by atoms with Crippen LogP contribution < -0.4 is 0 Å². The zero-order valence-corrected chi connectivity index (χ0v) is 9.77. The summed E-state index contributed by atoms with van der Waals surface area (Å²) in [6, 6.07) is 10.1. The maximum Gasteiger partial charge on any atom is 0.159 e. The first kappa shape index (κ1) is 10.8. The van der Waals surface area contributed by atoms with Gasteiger partial charge < -0.3 is 0 Å².